The van der Waals surface area contributed by atoms with Gasteiger partial charge in [0.05, 0.1) is 12.3 Å². The number of aromatic nitrogens is 2. The fraction of sp³-hybridized carbons (Fsp3) is 0.556. The van der Waals surface area contributed by atoms with Gasteiger partial charge in [-0.3, -0.25) is 0 Å². The van der Waals surface area contributed by atoms with Gasteiger partial charge in [-0.1, -0.05) is 0 Å². The highest BCUT2D eigenvalue weighted by molar-refractivity contribution is 5.40. The zero-order chi connectivity index (χ0) is 11.3. The minimum Gasteiger partial charge on any atom is -0.392 e. The lowest BCUT2D eigenvalue weighted by atomic mass is 10.4. The Balaban J connectivity index is 2.71. The van der Waals surface area contributed by atoms with Crippen LogP contribution in [0.1, 0.15) is 13.8 Å². The van der Waals surface area contributed by atoms with Crippen molar-refractivity contribution >= 4 is 11.8 Å². The topological polar surface area (TPSA) is 70.1 Å². The highest BCUT2D eigenvalue weighted by Crippen LogP contribution is 2.11. The molecule has 3 N–H and O–H groups in total. The van der Waals surface area contributed by atoms with E-state index in [1.165, 1.54) is 0 Å². The molecule has 0 amide bonds. The first-order valence-corrected chi connectivity index (χ1v) is 4.81. The predicted octanol–water partition coefficient (Wildman–Crippen LogP) is 0.840. The quantitative estimate of drug-likeness (QED) is 0.677. The first-order valence-electron chi connectivity index (χ1n) is 4.81. The summed E-state index contributed by atoms with van der Waals surface area (Å²) in [5.74, 6) is -0.0638. The van der Waals surface area contributed by atoms with Gasteiger partial charge in [0.1, 0.15) is 0 Å². The molecule has 0 aliphatic carbocycles. The van der Waals surface area contributed by atoms with Gasteiger partial charge in [0.2, 0.25) is 5.95 Å². The zero-order valence-electron chi connectivity index (χ0n) is 8.79. The van der Waals surface area contributed by atoms with Crippen LogP contribution >= 0.6 is 0 Å². The third-order valence-corrected chi connectivity index (χ3v) is 1.64. The first kappa shape index (κ1) is 11.6. The van der Waals surface area contributed by atoms with Crippen molar-refractivity contribution in [2.75, 3.05) is 23.7 Å². The van der Waals surface area contributed by atoms with Crippen LogP contribution in [0.15, 0.2) is 6.20 Å². The second-order valence-corrected chi connectivity index (χ2v) is 3.15. The number of nitrogens with zero attached hydrogens (tertiary/aromatic N) is 2. The van der Waals surface area contributed by atoms with Crippen LogP contribution in [0.25, 0.3) is 0 Å². The molecule has 0 aromatic carbocycles. The maximum atomic E-state index is 13.2. The average Bonchev–Trinajstić information content (AvgIpc) is 2.19. The summed E-state index contributed by atoms with van der Waals surface area (Å²) in [6, 6.07) is 0. The third-order valence-electron chi connectivity index (χ3n) is 1.64. The summed E-state index contributed by atoms with van der Waals surface area (Å²) in [4.78, 5) is 7.67. The second kappa shape index (κ2) is 5.45. The SMILES string of the molecule is CCNc1ncc(F)c(NCC(C)O)n1. The molecule has 0 aliphatic rings. The molecule has 5 nitrogen and oxygen atoms in total. The van der Waals surface area contributed by atoms with E-state index in [1.807, 2.05) is 6.92 Å². The van der Waals surface area contributed by atoms with Crippen molar-refractivity contribution in [2.45, 2.75) is 20.0 Å². The molecule has 1 heterocycles. The molecular formula is C9H15FN4O. The maximum Gasteiger partial charge on any atom is 0.224 e. The molecular weight excluding hydrogens is 199 g/mol. The van der Waals surface area contributed by atoms with E-state index < -0.39 is 11.9 Å². The van der Waals surface area contributed by atoms with E-state index in [4.69, 9.17) is 5.11 Å². The fourth-order valence-corrected chi connectivity index (χ4v) is 0.979. The number of aliphatic hydroxyl groups excluding tert-OH is 1. The minimum atomic E-state index is -0.554. The lowest BCUT2D eigenvalue weighted by Gasteiger charge is -2.09. The van der Waals surface area contributed by atoms with Crippen molar-refractivity contribution in [1.29, 1.82) is 0 Å². The fourth-order valence-electron chi connectivity index (χ4n) is 0.979. The van der Waals surface area contributed by atoms with Gasteiger partial charge < -0.3 is 15.7 Å². The number of rotatable bonds is 5. The second-order valence-electron chi connectivity index (χ2n) is 3.15. The van der Waals surface area contributed by atoms with Crippen molar-refractivity contribution in [3.63, 3.8) is 0 Å². The lowest BCUT2D eigenvalue weighted by Crippen LogP contribution is -2.17. The summed E-state index contributed by atoms with van der Waals surface area (Å²) in [6.07, 6.45) is 0.539. The van der Waals surface area contributed by atoms with Crippen molar-refractivity contribution in [2.24, 2.45) is 0 Å². The number of hydrogen-bond donors (Lipinski definition) is 3. The van der Waals surface area contributed by atoms with Gasteiger partial charge in [-0.05, 0) is 13.8 Å². The molecule has 0 radical (unpaired) electrons. The van der Waals surface area contributed by atoms with E-state index in [2.05, 4.69) is 20.6 Å². The Bertz CT molecular complexity index is 319. The molecule has 0 bridgehead atoms. The summed E-state index contributed by atoms with van der Waals surface area (Å²) in [5, 5.41) is 14.6. The smallest absolute Gasteiger partial charge is 0.224 e. The standard InChI is InChI=1S/C9H15FN4O/c1-3-11-9-13-5-7(10)8(14-9)12-4-6(2)15/h5-6,15H,3-4H2,1-2H3,(H2,11,12,13,14). The van der Waals surface area contributed by atoms with Crippen molar-refractivity contribution in [3.8, 4) is 0 Å². The van der Waals surface area contributed by atoms with Crippen molar-refractivity contribution in [1.82, 2.24) is 9.97 Å². The van der Waals surface area contributed by atoms with Gasteiger partial charge in [0, 0.05) is 13.1 Å². The summed E-state index contributed by atoms with van der Waals surface area (Å²) < 4.78 is 13.2. The lowest BCUT2D eigenvalue weighted by molar-refractivity contribution is 0.208. The Morgan fingerprint density at radius 3 is 2.87 bits per heavy atom. The van der Waals surface area contributed by atoms with Crippen LogP contribution in [0.2, 0.25) is 0 Å². The Labute approximate surface area is 87.8 Å². The number of nitrogens with one attached hydrogen (secondary N) is 2. The molecule has 1 atom stereocenters. The third kappa shape index (κ3) is 3.67. The molecule has 15 heavy (non-hydrogen) atoms. The Kier molecular flexibility index (Phi) is 4.23. The van der Waals surface area contributed by atoms with Crippen LogP contribution in [0, 0.1) is 5.82 Å². The molecule has 0 aliphatic heterocycles. The molecule has 0 spiro atoms. The van der Waals surface area contributed by atoms with Crippen LogP contribution < -0.4 is 10.6 Å². The largest absolute Gasteiger partial charge is 0.392 e. The monoisotopic (exact) mass is 214 g/mol. The summed E-state index contributed by atoms with van der Waals surface area (Å²) in [5.41, 5.74) is 0. The molecule has 0 fully saturated rings. The van der Waals surface area contributed by atoms with Crippen LogP contribution in [0.5, 0.6) is 0 Å². The van der Waals surface area contributed by atoms with E-state index in [-0.39, 0.29) is 12.4 Å². The molecule has 84 valence electrons. The van der Waals surface area contributed by atoms with Gasteiger partial charge in [0.25, 0.3) is 0 Å². The predicted molar refractivity (Wildman–Crippen MR) is 56.3 cm³/mol. The van der Waals surface area contributed by atoms with E-state index in [1.54, 1.807) is 6.92 Å². The molecule has 1 rings (SSSR count). The van der Waals surface area contributed by atoms with Crippen molar-refractivity contribution < 1.29 is 9.50 Å². The van der Waals surface area contributed by atoms with Crippen LogP contribution in [-0.4, -0.2) is 34.3 Å². The van der Waals surface area contributed by atoms with E-state index in [0.29, 0.717) is 12.5 Å². The molecule has 0 saturated carbocycles. The van der Waals surface area contributed by atoms with Gasteiger partial charge >= 0.3 is 0 Å². The number of halogens is 1. The van der Waals surface area contributed by atoms with E-state index in [9.17, 15) is 4.39 Å². The molecule has 1 unspecified atom stereocenters. The Morgan fingerprint density at radius 1 is 1.53 bits per heavy atom. The van der Waals surface area contributed by atoms with Gasteiger partial charge in [-0.2, -0.15) is 4.98 Å². The first-order chi connectivity index (χ1) is 7.13. The average molecular weight is 214 g/mol. The van der Waals surface area contributed by atoms with Crippen LogP contribution in [0.4, 0.5) is 16.2 Å². The Morgan fingerprint density at radius 2 is 2.27 bits per heavy atom. The normalized spacial score (nSPS) is 12.3. The molecule has 0 saturated heterocycles. The molecule has 1 aromatic heterocycles. The van der Waals surface area contributed by atoms with Gasteiger partial charge in [0.15, 0.2) is 11.6 Å². The number of aliphatic hydroxyl groups is 1. The van der Waals surface area contributed by atoms with E-state index >= 15 is 0 Å². The van der Waals surface area contributed by atoms with E-state index in [0.717, 1.165) is 6.20 Å². The number of anilines is 2. The maximum absolute atomic E-state index is 13.2. The van der Waals surface area contributed by atoms with Crippen LogP contribution in [0.3, 0.4) is 0 Å². The highest BCUT2D eigenvalue weighted by atomic mass is 19.1. The van der Waals surface area contributed by atoms with Gasteiger partial charge in [-0.15, -0.1) is 0 Å². The summed E-state index contributed by atoms with van der Waals surface area (Å²) in [6.45, 7) is 4.42. The molecule has 1 aromatic rings. The van der Waals surface area contributed by atoms with Gasteiger partial charge in [-0.25, -0.2) is 9.37 Å². The van der Waals surface area contributed by atoms with Crippen LogP contribution in [-0.2, 0) is 0 Å². The zero-order valence-corrected chi connectivity index (χ0v) is 8.79. The number of hydrogen-bond acceptors (Lipinski definition) is 5. The highest BCUT2D eigenvalue weighted by Gasteiger charge is 2.06. The summed E-state index contributed by atoms with van der Waals surface area (Å²) >= 11 is 0. The van der Waals surface area contributed by atoms with Crippen molar-refractivity contribution in [3.05, 3.63) is 12.0 Å². The minimum absolute atomic E-state index is 0.0989. The summed E-state index contributed by atoms with van der Waals surface area (Å²) in [7, 11) is 0. The molecule has 6 heteroatoms. The Hall–Kier alpha value is -1.43.